The molecular formula is Cl2NaRu+3. The summed E-state index contributed by atoms with van der Waals surface area (Å²) < 4.78 is 0. The Balaban J connectivity index is 0. The summed E-state index contributed by atoms with van der Waals surface area (Å²) in [6.45, 7) is 0. The van der Waals surface area contributed by atoms with Crippen LogP contribution in [0.25, 0.3) is 0 Å². The third-order valence-electron chi connectivity index (χ3n) is 0. The maximum atomic E-state index is 4.85. The predicted molar refractivity (Wildman–Crippen MR) is 11.7 cm³/mol. The monoisotopic (exact) mass is 195 g/mol. The van der Waals surface area contributed by atoms with Gasteiger partial charge in [-0.2, -0.15) is 0 Å². The van der Waals surface area contributed by atoms with Crippen molar-refractivity contribution in [2.45, 2.75) is 0 Å². The molecular weight excluding hydrogens is 195 g/mol. The Kier molecular flexibility index (Phi) is 21.3. The summed E-state index contributed by atoms with van der Waals surface area (Å²) in [5, 5.41) is 0. The third-order valence-corrected chi connectivity index (χ3v) is 0. The predicted octanol–water partition coefficient (Wildman–Crippen LogP) is -1.62. The molecule has 4 heavy (non-hydrogen) atoms. The van der Waals surface area contributed by atoms with E-state index in [1.54, 1.807) is 0 Å². The van der Waals surface area contributed by atoms with Gasteiger partial charge < -0.3 is 0 Å². The van der Waals surface area contributed by atoms with Crippen molar-refractivity contribution in [3.63, 3.8) is 0 Å². The summed E-state index contributed by atoms with van der Waals surface area (Å²) >= 11 is -0.346. The van der Waals surface area contributed by atoms with Crippen LogP contribution in [0.1, 0.15) is 0 Å². The Bertz CT molecular complexity index is 6.00. The molecule has 4 heteroatoms. The average Bonchev–Trinajstić information content (AvgIpc) is 0.918. The molecule has 0 aromatic carbocycles. The number of hydrogen-bond acceptors (Lipinski definition) is 0. The van der Waals surface area contributed by atoms with Gasteiger partial charge in [0.15, 0.2) is 0 Å². The van der Waals surface area contributed by atoms with E-state index in [9.17, 15) is 0 Å². The average molecular weight is 195 g/mol. The Labute approximate surface area is 63.2 Å². The SMILES string of the molecule is [Cl][Ru+2][Cl].[Na+]. The fourth-order valence-corrected chi connectivity index (χ4v) is 0. The first-order chi connectivity index (χ1) is 1.41. The summed E-state index contributed by atoms with van der Waals surface area (Å²) in [5.41, 5.74) is 0. The Hall–Kier alpha value is 2.20. The molecule has 0 aliphatic carbocycles. The van der Waals surface area contributed by atoms with Gasteiger partial charge in [0.25, 0.3) is 0 Å². The van der Waals surface area contributed by atoms with E-state index >= 15 is 0 Å². The topological polar surface area (TPSA) is 0 Å². The molecule has 0 spiro atoms. The zero-order valence-electron chi connectivity index (χ0n) is 2.11. The van der Waals surface area contributed by atoms with Crippen LogP contribution in [0.4, 0.5) is 0 Å². The second kappa shape index (κ2) is 8.96. The van der Waals surface area contributed by atoms with E-state index in [0.29, 0.717) is 0 Å². The molecule has 0 N–H and O–H groups in total. The summed E-state index contributed by atoms with van der Waals surface area (Å²) in [6.07, 6.45) is 0. The van der Waals surface area contributed by atoms with E-state index in [4.69, 9.17) is 19.4 Å². The largest absolute Gasteiger partial charge is 1.00 e. The maximum absolute atomic E-state index is 4.85. The molecule has 0 amide bonds. The standard InChI is InChI=1S/2ClH.Na.Ru/h2*1H;;/q;;+1;+4/p-2. The van der Waals surface area contributed by atoms with Crippen molar-refractivity contribution in [1.29, 1.82) is 0 Å². The van der Waals surface area contributed by atoms with E-state index < -0.39 is 0 Å². The molecule has 0 saturated carbocycles. The molecule has 0 aromatic rings. The number of rotatable bonds is 0. The summed E-state index contributed by atoms with van der Waals surface area (Å²) in [7, 11) is 9.71. The molecule has 0 atom stereocenters. The van der Waals surface area contributed by atoms with Crippen LogP contribution in [0, 0.1) is 0 Å². The molecule has 0 nitrogen and oxygen atoms in total. The van der Waals surface area contributed by atoms with Crippen molar-refractivity contribution in [1.82, 2.24) is 0 Å². The van der Waals surface area contributed by atoms with Crippen LogP contribution in [-0.2, 0) is 15.1 Å². The van der Waals surface area contributed by atoms with Crippen LogP contribution in [0.2, 0.25) is 0 Å². The first-order valence-electron chi connectivity index (χ1n) is 0.267. The fourth-order valence-electron chi connectivity index (χ4n) is 0. The van der Waals surface area contributed by atoms with Gasteiger partial charge in [-0.3, -0.25) is 0 Å². The van der Waals surface area contributed by atoms with E-state index in [2.05, 4.69) is 0 Å². The van der Waals surface area contributed by atoms with E-state index in [-0.39, 0.29) is 44.7 Å². The van der Waals surface area contributed by atoms with Gasteiger partial charge in [0.2, 0.25) is 0 Å². The van der Waals surface area contributed by atoms with E-state index in [1.807, 2.05) is 0 Å². The van der Waals surface area contributed by atoms with Crippen molar-refractivity contribution in [3.05, 3.63) is 0 Å². The second-order valence-electron chi connectivity index (χ2n) is 0.0505. The van der Waals surface area contributed by atoms with E-state index in [0.717, 1.165) is 0 Å². The van der Waals surface area contributed by atoms with Gasteiger partial charge in [-0.05, 0) is 0 Å². The van der Waals surface area contributed by atoms with Crippen molar-refractivity contribution in [2.24, 2.45) is 0 Å². The van der Waals surface area contributed by atoms with Crippen LogP contribution in [0.3, 0.4) is 0 Å². The van der Waals surface area contributed by atoms with Gasteiger partial charge in [-0.1, -0.05) is 0 Å². The molecule has 0 fully saturated rings. The van der Waals surface area contributed by atoms with Gasteiger partial charge in [0, 0.05) is 0 Å². The van der Waals surface area contributed by atoms with Gasteiger partial charge in [-0.15, -0.1) is 0 Å². The molecule has 0 aliphatic rings. The van der Waals surface area contributed by atoms with Crippen LogP contribution >= 0.6 is 19.4 Å². The normalized spacial score (nSPS) is 4.50. The molecule has 0 radical (unpaired) electrons. The molecule has 0 rings (SSSR count). The minimum Gasteiger partial charge on any atom is 1.00 e. The molecule has 0 aliphatic heterocycles. The van der Waals surface area contributed by atoms with Gasteiger partial charge in [-0.25, -0.2) is 0 Å². The van der Waals surface area contributed by atoms with Gasteiger partial charge >= 0.3 is 64.1 Å². The minimum absolute atomic E-state index is 0. The van der Waals surface area contributed by atoms with Crippen molar-refractivity contribution in [3.8, 4) is 0 Å². The molecule has 0 bridgehead atoms. The van der Waals surface area contributed by atoms with E-state index in [1.165, 1.54) is 0 Å². The van der Waals surface area contributed by atoms with Crippen LogP contribution in [-0.4, -0.2) is 0 Å². The molecule has 20 valence electrons. The van der Waals surface area contributed by atoms with Crippen LogP contribution in [0.5, 0.6) is 0 Å². The molecule has 0 unspecified atom stereocenters. The summed E-state index contributed by atoms with van der Waals surface area (Å²) in [6, 6.07) is 0. The van der Waals surface area contributed by atoms with Gasteiger partial charge in [0.1, 0.15) is 0 Å². The fraction of sp³-hybridized carbons (Fsp3) is 0. The maximum Gasteiger partial charge on any atom is 1.00 e. The summed E-state index contributed by atoms with van der Waals surface area (Å²) in [4.78, 5) is 0. The zero-order chi connectivity index (χ0) is 2.71. The quantitative estimate of drug-likeness (QED) is 0.407. The Morgan fingerprint density at radius 3 is 1.25 bits per heavy atom. The van der Waals surface area contributed by atoms with Crippen LogP contribution < -0.4 is 29.6 Å². The minimum atomic E-state index is -0.346. The third kappa shape index (κ3) is 8.88. The number of halogens is 2. The van der Waals surface area contributed by atoms with Crippen molar-refractivity contribution >= 4 is 19.4 Å². The second-order valence-corrected chi connectivity index (χ2v) is 2.69. The zero-order valence-corrected chi connectivity index (χ0v) is 7.36. The Morgan fingerprint density at radius 1 is 1.25 bits per heavy atom. The molecule has 0 heterocycles. The number of hydrogen-bond donors (Lipinski definition) is 0. The smallest absolute Gasteiger partial charge is 1.00 e. The van der Waals surface area contributed by atoms with Crippen molar-refractivity contribution < 1.29 is 44.7 Å². The van der Waals surface area contributed by atoms with Crippen LogP contribution in [0.15, 0.2) is 0 Å². The molecule has 0 aromatic heterocycles. The first kappa shape index (κ1) is 9.51. The summed E-state index contributed by atoms with van der Waals surface area (Å²) in [5.74, 6) is 0. The molecule has 0 saturated heterocycles. The van der Waals surface area contributed by atoms with Gasteiger partial charge in [0.05, 0.1) is 0 Å². The first-order valence-corrected chi connectivity index (χ1v) is 4.74. The Morgan fingerprint density at radius 2 is 1.25 bits per heavy atom. The van der Waals surface area contributed by atoms with Crippen molar-refractivity contribution in [2.75, 3.05) is 0 Å².